The molecular formula is C10H10N2O2S. The minimum absolute atomic E-state index is 0.338. The van der Waals surface area contributed by atoms with Crippen LogP contribution in [0.3, 0.4) is 0 Å². The fourth-order valence-electron chi connectivity index (χ4n) is 1.52. The minimum atomic E-state index is -0.338. The molecule has 0 unspecified atom stereocenters. The molecule has 78 valence electrons. The molecule has 5 heteroatoms. The quantitative estimate of drug-likeness (QED) is 0.575. The van der Waals surface area contributed by atoms with E-state index in [0.717, 1.165) is 16.6 Å². The fraction of sp³-hybridized carbons (Fsp3) is 0.200. The Morgan fingerprint density at radius 2 is 1.93 bits per heavy atom. The van der Waals surface area contributed by atoms with E-state index >= 15 is 0 Å². The molecule has 2 aromatic rings. The largest absolute Gasteiger partial charge is 0.465 e. The minimum Gasteiger partial charge on any atom is -0.465 e. The first kappa shape index (κ1) is 9.92. The molecule has 1 aromatic carbocycles. The number of esters is 1. The highest BCUT2D eigenvalue weighted by Gasteiger charge is 2.10. The number of rotatable bonds is 1. The Bertz CT molecular complexity index is 583. The number of aryl methyl sites for hydroxylation is 1. The first-order valence-electron chi connectivity index (χ1n) is 4.43. The number of nitrogens with one attached hydrogen (secondary N) is 2. The van der Waals surface area contributed by atoms with Crippen LogP contribution in [0.25, 0.3) is 11.0 Å². The van der Waals surface area contributed by atoms with Crippen LogP contribution in [0, 0.1) is 11.7 Å². The second kappa shape index (κ2) is 3.51. The van der Waals surface area contributed by atoms with Gasteiger partial charge >= 0.3 is 5.97 Å². The molecule has 0 amide bonds. The molecule has 2 N–H and O–H groups in total. The van der Waals surface area contributed by atoms with Crippen molar-refractivity contribution in [3.63, 3.8) is 0 Å². The van der Waals surface area contributed by atoms with Crippen molar-refractivity contribution in [1.29, 1.82) is 0 Å². The van der Waals surface area contributed by atoms with E-state index in [1.807, 2.05) is 13.0 Å². The normalized spacial score (nSPS) is 10.5. The SMILES string of the molecule is COC(=O)c1cc2[nH]c(=S)[nH]c2cc1C. The lowest BCUT2D eigenvalue weighted by Gasteiger charge is -2.03. The first-order chi connectivity index (χ1) is 7.11. The molecule has 1 heterocycles. The van der Waals surface area contributed by atoms with Crippen molar-refractivity contribution < 1.29 is 9.53 Å². The molecule has 0 aliphatic carbocycles. The van der Waals surface area contributed by atoms with Crippen LogP contribution in [0.2, 0.25) is 0 Å². The van der Waals surface area contributed by atoms with E-state index in [1.165, 1.54) is 7.11 Å². The maximum atomic E-state index is 11.4. The van der Waals surface area contributed by atoms with Gasteiger partial charge in [-0.05, 0) is 36.8 Å². The lowest BCUT2D eigenvalue weighted by Crippen LogP contribution is -2.03. The van der Waals surface area contributed by atoms with Crippen LogP contribution in [-0.2, 0) is 4.74 Å². The molecule has 0 aliphatic rings. The molecule has 0 bridgehead atoms. The maximum absolute atomic E-state index is 11.4. The molecule has 0 saturated heterocycles. The number of methoxy groups -OCH3 is 1. The molecule has 2 rings (SSSR count). The topological polar surface area (TPSA) is 57.9 Å². The molecule has 1 aromatic heterocycles. The number of carbonyl (C=O) groups is 1. The molecule has 0 atom stereocenters. The zero-order valence-corrected chi connectivity index (χ0v) is 9.20. The average Bonchev–Trinajstić information content (AvgIpc) is 2.55. The average molecular weight is 222 g/mol. The smallest absolute Gasteiger partial charge is 0.338 e. The summed E-state index contributed by atoms with van der Waals surface area (Å²) in [4.78, 5) is 17.4. The predicted octanol–water partition coefficient (Wildman–Crippen LogP) is 2.32. The number of benzene rings is 1. The van der Waals surface area contributed by atoms with E-state index in [2.05, 4.69) is 14.7 Å². The van der Waals surface area contributed by atoms with Gasteiger partial charge in [-0.25, -0.2) is 4.79 Å². The number of aromatic nitrogens is 2. The molecule has 0 saturated carbocycles. The van der Waals surface area contributed by atoms with E-state index in [4.69, 9.17) is 12.2 Å². The Kier molecular flexibility index (Phi) is 2.32. The van der Waals surface area contributed by atoms with Gasteiger partial charge in [0.2, 0.25) is 0 Å². The molecule has 4 nitrogen and oxygen atoms in total. The summed E-state index contributed by atoms with van der Waals surface area (Å²) in [5.74, 6) is -0.338. The summed E-state index contributed by atoms with van der Waals surface area (Å²) >= 11 is 4.97. The van der Waals surface area contributed by atoms with Gasteiger partial charge in [0.1, 0.15) is 0 Å². The van der Waals surface area contributed by atoms with Crippen molar-refractivity contribution >= 4 is 29.2 Å². The van der Waals surface area contributed by atoms with E-state index in [-0.39, 0.29) is 5.97 Å². The molecule has 0 spiro atoms. The van der Waals surface area contributed by atoms with Gasteiger partial charge < -0.3 is 14.7 Å². The Labute approximate surface area is 91.3 Å². The van der Waals surface area contributed by atoms with Crippen molar-refractivity contribution in [2.24, 2.45) is 0 Å². The third kappa shape index (κ3) is 1.66. The zero-order valence-electron chi connectivity index (χ0n) is 8.38. The maximum Gasteiger partial charge on any atom is 0.338 e. The number of hydrogen-bond donors (Lipinski definition) is 2. The van der Waals surface area contributed by atoms with Crippen LogP contribution in [0.15, 0.2) is 12.1 Å². The van der Waals surface area contributed by atoms with Gasteiger partial charge in [0, 0.05) is 0 Å². The van der Waals surface area contributed by atoms with Crippen molar-refractivity contribution in [2.75, 3.05) is 7.11 Å². The third-order valence-electron chi connectivity index (χ3n) is 2.27. The van der Waals surface area contributed by atoms with E-state index in [0.29, 0.717) is 10.3 Å². The summed E-state index contributed by atoms with van der Waals surface area (Å²) in [6.07, 6.45) is 0. The van der Waals surface area contributed by atoms with Gasteiger partial charge in [-0.3, -0.25) is 0 Å². The van der Waals surface area contributed by atoms with Crippen LogP contribution in [-0.4, -0.2) is 23.0 Å². The van der Waals surface area contributed by atoms with Crippen molar-refractivity contribution in [2.45, 2.75) is 6.92 Å². The van der Waals surface area contributed by atoms with Crippen LogP contribution >= 0.6 is 12.2 Å². The summed E-state index contributed by atoms with van der Waals surface area (Å²) < 4.78 is 5.23. The van der Waals surface area contributed by atoms with Crippen molar-refractivity contribution in [1.82, 2.24) is 9.97 Å². The van der Waals surface area contributed by atoms with Crippen LogP contribution in [0.1, 0.15) is 15.9 Å². The Hall–Kier alpha value is -1.62. The highest BCUT2D eigenvalue weighted by molar-refractivity contribution is 7.71. The monoisotopic (exact) mass is 222 g/mol. The van der Waals surface area contributed by atoms with E-state index in [1.54, 1.807) is 6.07 Å². The molecule has 0 aliphatic heterocycles. The first-order valence-corrected chi connectivity index (χ1v) is 4.83. The third-order valence-corrected chi connectivity index (χ3v) is 2.47. The Balaban J connectivity index is 2.71. The number of imidazole rings is 1. The molecular weight excluding hydrogens is 212 g/mol. The van der Waals surface area contributed by atoms with Crippen LogP contribution in [0.5, 0.6) is 0 Å². The number of H-pyrrole nitrogens is 2. The van der Waals surface area contributed by atoms with E-state index < -0.39 is 0 Å². The van der Waals surface area contributed by atoms with Crippen molar-refractivity contribution in [3.8, 4) is 0 Å². The standard InChI is InChI=1S/C10H10N2O2S/c1-5-3-7-8(12-10(15)11-7)4-6(5)9(13)14-2/h3-4H,1-2H3,(H2,11,12,15). The summed E-state index contributed by atoms with van der Waals surface area (Å²) in [5.41, 5.74) is 3.12. The van der Waals surface area contributed by atoms with Crippen LogP contribution in [0.4, 0.5) is 0 Å². The van der Waals surface area contributed by atoms with Gasteiger partial charge in [0.05, 0.1) is 23.7 Å². The summed E-state index contributed by atoms with van der Waals surface area (Å²) in [6, 6.07) is 3.61. The Morgan fingerprint density at radius 1 is 1.33 bits per heavy atom. The van der Waals surface area contributed by atoms with Gasteiger partial charge in [0.15, 0.2) is 4.77 Å². The summed E-state index contributed by atoms with van der Waals surface area (Å²) in [6.45, 7) is 1.86. The fourth-order valence-corrected chi connectivity index (χ4v) is 1.74. The van der Waals surface area contributed by atoms with Crippen LogP contribution < -0.4 is 0 Å². The van der Waals surface area contributed by atoms with E-state index in [9.17, 15) is 4.79 Å². The zero-order chi connectivity index (χ0) is 11.0. The second-order valence-electron chi connectivity index (χ2n) is 3.28. The van der Waals surface area contributed by atoms with Gasteiger partial charge in [0.25, 0.3) is 0 Å². The van der Waals surface area contributed by atoms with Gasteiger partial charge in [-0.2, -0.15) is 0 Å². The molecule has 0 fully saturated rings. The molecule has 15 heavy (non-hydrogen) atoms. The number of ether oxygens (including phenoxy) is 1. The number of hydrogen-bond acceptors (Lipinski definition) is 3. The molecule has 0 radical (unpaired) electrons. The predicted molar refractivity (Wildman–Crippen MR) is 59.6 cm³/mol. The Morgan fingerprint density at radius 3 is 2.53 bits per heavy atom. The highest BCUT2D eigenvalue weighted by atomic mass is 32.1. The summed E-state index contributed by atoms with van der Waals surface area (Å²) in [7, 11) is 1.37. The number of aromatic amines is 2. The van der Waals surface area contributed by atoms with Crippen molar-refractivity contribution in [3.05, 3.63) is 28.0 Å². The lowest BCUT2D eigenvalue weighted by molar-refractivity contribution is 0.0600. The number of fused-ring (bicyclic) bond motifs is 1. The van der Waals surface area contributed by atoms with Gasteiger partial charge in [-0.1, -0.05) is 0 Å². The second-order valence-corrected chi connectivity index (χ2v) is 3.69. The lowest BCUT2D eigenvalue weighted by atomic mass is 10.1. The summed E-state index contributed by atoms with van der Waals surface area (Å²) in [5, 5.41) is 0. The highest BCUT2D eigenvalue weighted by Crippen LogP contribution is 2.17. The number of carbonyl (C=O) groups excluding carboxylic acids is 1. The van der Waals surface area contributed by atoms with Gasteiger partial charge in [-0.15, -0.1) is 0 Å².